The van der Waals surface area contributed by atoms with Gasteiger partial charge in [0.2, 0.25) is 0 Å². The molecule has 0 aliphatic carbocycles. The molecule has 2 N–H and O–H groups in total. The fourth-order valence-corrected chi connectivity index (χ4v) is 10.3. The molecule has 5 saturated heterocycles. The minimum absolute atomic E-state index is 0.0157. The molecule has 390 valence electrons. The third kappa shape index (κ3) is 11.3. The van der Waals surface area contributed by atoms with E-state index in [1.807, 2.05) is 38.7 Å². The quantitative estimate of drug-likeness (QED) is 0.133. The van der Waals surface area contributed by atoms with Crippen molar-refractivity contribution in [3.63, 3.8) is 0 Å². The molecule has 3 atom stereocenters. The van der Waals surface area contributed by atoms with Gasteiger partial charge in [-0.2, -0.15) is 0 Å². The molecule has 7 heterocycles. The molecule has 6 aromatic rings. The molecule has 5 fully saturated rings. The minimum Gasteiger partial charge on any atom is -0.493 e. The highest BCUT2D eigenvalue weighted by atomic mass is 35.5. The maximum Gasteiger partial charge on any atom is 0.320 e. The molecule has 2 aromatic heterocycles. The lowest BCUT2D eigenvalue weighted by Crippen LogP contribution is -2.52. The highest BCUT2D eigenvalue weighted by Gasteiger charge is 2.43. The molecular formula is C52H56Cl2F2N10O8. The van der Waals surface area contributed by atoms with Crippen LogP contribution in [0.3, 0.4) is 0 Å². The molecule has 22 heteroatoms. The van der Waals surface area contributed by atoms with Gasteiger partial charge in [-0.3, -0.25) is 0 Å². The molecule has 2 bridgehead atoms. The molecule has 3 unspecified atom stereocenters. The number of fused-ring (bicyclic) bond motifs is 4. The van der Waals surface area contributed by atoms with E-state index in [2.05, 4.69) is 30.6 Å². The molecule has 4 aromatic carbocycles. The normalized spacial score (nSPS) is 20.1. The second kappa shape index (κ2) is 22.4. The number of methoxy groups -OCH3 is 2. The molecule has 0 radical (unpaired) electrons. The van der Waals surface area contributed by atoms with E-state index in [1.165, 1.54) is 36.9 Å². The Morgan fingerprint density at radius 2 is 1.15 bits per heavy atom. The number of urea groups is 2. The number of piperidine rings is 2. The monoisotopic (exact) mass is 1060 g/mol. The summed E-state index contributed by atoms with van der Waals surface area (Å²) in [5.74, 6) is 2.34. The number of aromatic nitrogens is 4. The highest BCUT2D eigenvalue weighted by Crippen LogP contribution is 2.39. The van der Waals surface area contributed by atoms with E-state index in [4.69, 9.17) is 51.6 Å². The van der Waals surface area contributed by atoms with Crippen molar-refractivity contribution in [2.45, 2.75) is 69.5 Å². The van der Waals surface area contributed by atoms with Gasteiger partial charge < -0.3 is 58.7 Å². The van der Waals surface area contributed by atoms with E-state index in [1.54, 1.807) is 38.5 Å². The van der Waals surface area contributed by atoms with Crippen molar-refractivity contribution in [1.29, 1.82) is 0 Å². The van der Waals surface area contributed by atoms with Gasteiger partial charge in [-0.05, 0) is 61.9 Å². The Bertz CT molecular complexity index is 3020. The summed E-state index contributed by atoms with van der Waals surface area (Å²) < 4.78 is 62.3. The van der Waals surface area contributed by atoms with Crippen LogP contribution in [-0.2, 0) is 9.47 Å². The van der Waals surface area contributed by atoms with Crippen LogP contribution in [-0.4, -0.2) is 155 Å². The predicted octanol–water partition coefficient (Wildman–Crippen LogP) is 9.47. The number of morpholine rings is 2. The SMILES string of the molecule is COc1cc2ncnc(Nc3ccc(F)c(Cl)c3)c2cc1OC1CCN(C(=O)N2CC3CC2CO3)CC1.COc1cc2ncnc(Nc3ccc(F)c(Cl)c3)c2cc1OC1CCN(C(=O)N2CCOC(C)C2)CC1. The van der Waals surface area contributed by atoms with Crippen molar-refractivity contribution in [2.24, 2.45) is 0 Å². The van der Waals surface area contributed by atoms with Gasteiger partial charge in [0.1, 0.15) is 48.1 Å². The predicted molar refractivity (Wildman–Crippen MR) is 275 cm³/mol. The fraction of sp³-hybridized carbons (Fsp3) is 0.423. The topological polar surface area (TPSA) is 178 Å². The third-order valence-electron chi connectivity index (χ3n) is 13.9. The van der Waals surface area contributed by atoms with Crippen LogP contribution >= 0.6 is 23.2 Å². The lowest BCUT2D eigenvalue weighted by Gasteiger charge is -2.38. The third-order valence-corrected chi connectivity index (χ3v) is 14.5. The average Bonchev–Trinajstić information content (AvgIpc) is 4.06. The smallest absolute Gasteiger partial charge is 0.320 e. The number of hydrogen-bond acceptors (Lipinski definition) is 14. The largest absolute Gasteiger partial charge is 0.493 e. The molecule has 0 spiro atoms. The number of nitrogens with one attached hydrogen (secondary N) is 2. The molecule has 5 aliphatic rings. The zero-order valence-electron chi connectivity index (χ0n) is 41.1. The van der Waals surface area contributed by atoms with Gasteiger partial charge in [-0.25, -0.2) is 38.3 Å². The minimum atomic E-state index is -0.493. The van der Waals surface area contributed by atoms with Gasteiger partial charge in [0.15, 0.2) is 23.0 Å². The number of anilines is 4. The first-order valence-electron chi connectivity index (χ1n) is 24.6. The first-order valence-corrected chi connectivity index (χ1v) is 25.4. The van der Waals surface area contributed by atoms with Gasteiger partial charge in [0, 0.05) is 106 Å². The van der Waals surface area contributed by atoms with Crippen LogP contribution in [0.2, 0.25) is 10.0 Å². The van der Waals surface area contributed by atoms with E-state index in [9.17, 15) is 18.4 Å². The molecule has 4 amide bonds. The number of nitrogens with zero attached hydrogens (tertiary/aromatic N) is 8. The Morgan fingerprint density at radius 1 is 0.635 bits per heavy atom. The van der Waals surface area contributed by atoms with Crippen molar-refractivity contribution in [2.75, 3.05) is 83.9 Å². The number of likely N-dealkylation sites (tertiary alicyclic amines) is 3. The van der Waals surface area contributed by atoms with E-state index < -0.39 is 11.6 Å². The van der Waals surface area contributed by atoms with Crippen molar-refractivity contribution >= 4 is 80.1 Å². The van der Waals surface area contributed by atoms with E-state index in [0.29, 0.717) is 134 Å². The number of benzene rings is 4. The molecular weight excluding hydrogens is 1000 g/mol. The highest BCUT2D eigenvalue weighted by molar-refractivity contribution is 6.31. The lowest BCUT2D eigenvalue weighted by atomic mass is 10.1. The fourth-order valence-electron chi connectivity index (χ4n) is 9.95. The number of carbonyl (C=O) groups is 2. The van der Waals surface area contributed by atoms with Gasteiger partial charge >= 0.3 is 12.1 Å². The Hall–Kier alpha value is -6.74. The number of ether oxygens (including phenoxy) is 6. The van der Waals surface area contributed by atoms with E-state index in [0.717, 1.165) is 24.6 Å². The van der Waals surface area contributed by atoms with Gasteiger partial charge in [0.25, 0.3) is 0 Å². The summed E-state index contributed by atoms with van der Waals surface area (Å²) in [7, 11) is 3.17. The summed E-state index contributed by atoms with van der Waals surface area (Å²) in [5, 5.41) is 7.83. The first kappa shape index (κ1) is 50.8. The Balaban J connectivity index is 0.000000169. The molecule has 11 rings (SSSR count). The molecule has 0 saturated carbocycles. The lowest BCUT2D eigenvalue weighted by molar-refractivity contribution is -0.0117. The second-order valence-electron chi connectivity index (χ2n) is 18.8. The van der Waals surface area contributed by atoms with Crippen molar-refractivity contribution in [3.8, 4) is 23.0 Å². The zero-order valence-corrected chi connectivity index (χ0v) is 42.6. The van der Waals surface area contributed by atoms with Crippen LogP contribution in [0.25, 0.3) is 21.8 Å². The van der Waals surface area contributed by atoms with Crippen molar-refractivity contribution in [1.82, 2.24) is 39.5 Å². The Kier molecular flexibility index (Phi) is 15.4. The van der Waals surface area contributed by atoms with Crippen molar-refractivity contribution in [3.05, 3.63) is 95.0 Å². The molecule has 74 heavy (non-hydrogen) atoms. The van der Waals surface area contributed by atoms with Gasteiger partial charge in [-0.1, -0.05) is 23.2 Å². The Morgan fingerprint density at radius 3 is 1.59 bits per heavy atom. The van der Waals surface area contributed by atoms with Crippen LogP contribution < -0.4 is 29.6 Å². The summed E-state index contributed by atoms with van der Waals surface area (Å²) in [4.78, 5) is 51.0. The van der Waals surface area contributed by atoms with Crippen LogP contribution in [0.15, 0.2) is 73.3 Å². The molecule has 5 aliphatic heterocycles. The van der Waals surface area contributed by atoms with Crippen LogP contribution in [0.4, 0.5) is 41.4 Å². The molecule has 18 nitrogen and oxygen atoms in total. The number of halogens is 4. The first-order chi connectivity index (χ1) is 35.9. The van der Waals surface area contributed by atoms with Crippen LogP contribution in [0.5, 0.6) is 23.0 Å². The number of hydrogen-bond donors (Lipinski definition) is 2. The number of carbonyl (C=O) groups excluding carboxylic acids is 2. The summed E-state index contributed by atoms with van der Waals surface area (Å²) in [5.41, 5.74) is 2.52. The number of amides is 4. The second-order valence-corrected chi connectivity index (χ2v) is 19.6. The Labute approximate surface area is 436 Å². The number of rotatable bonds is 10. The summed E-state index contributed by atoms with van der Waals surface area (Å²) in [6.07, 6.45) is 6.79. The van der Waals surface area contributed by atoms with Gasteiger partial charge in [-0.15, -0.1) is 0 Å². The summed E-state index contributed by atoms with van der Waals surface area (Å²) in [6.45, 7) is 7.63. The maximum absolute atomic E-state index is 13.6. The van der Waals surface area contributed by atoms with Crippen LogP contribution in [0, 0.1) is 11.6 Å². The van der Waals surface area contributed by atoms with E-state index in [-0.39, 0.29) is 52.6 Å². The van der Waals surface area contributed by atoms with Crippen molar-refractivity contribution < 1.29 is 46.8 Å². The summed E-state index contributed by atoms with van der Waals surface area (Å²) >= 11 is 11.9. The standard InChI is InChI=1S/C26H27ClFN5O4.C26H29ClFN5O4/c1-35-23-11-22-19(25(30-14-29-22)31-15-2-3-21(28)20(27)8-15)10-24(23)37-17-4-6-32(7-5-17)26(34)33-12-18-9-16(33)13-36-18;1-16-14-33(9-10-36-16)26(34)32-7-5-18(6-8-32)37-24-12-19-22(13-23(24)35-2)29-15-30-25(19)31-17-3-4-21(28)20(27)11-17/h2-3,8,10-11,14,16-18H,4-7,9,12-13H2,1H3,(H,29,30,31);3-4,11-13,15-16,18H,5-10,14H2,1-2H3,(H,29,30,31). The maximum atomic E-state index is 13.6. The average molecular weight is 1060 g/mol. The van der Waals surface area contributed by atoms with Crippen LogP contribution in [0.1, 0.15) is 39.0 Å². The summed E-state index contributed by atoms with van der Waals surface area (Å²) in [6, 6.07) is 16.4. The van der Waals surface area contributed by atoms with E-state index >= 15 is 0 Å². The van der Waals surface area contributed by atoms with Gasteiger partial charge in [0.05, 0.1) is 66.8 Å². The zero-order chi connectivity index (χ0) is 51.5.